The van der Waals surface area contributed by atoms with Crippen LogP contribution in [0.1, 0.15) is 79.6 Å². The molecule has 29 heavy (non-hydrogen) atoms. The number of hydrogen-bond acceptors (Lipinski definition) is 4. The van der Waals surface area contributed by atoms with E-state index in [-0.39, 0.29) is 35.0 Å². The number of allylic oxidation sites excluding steroid dienone is 2. The van der Waals surface area contributed by atoms with Gasteiger partial charge in [-0.2, -0.15) is 0 Å². The molecule has 0 N–H and O–H groups in total. The Balaban J connectivity index is 1.61. The van der Waals surface area contributed by atoms with Gasteiger partial charge in [-0.05, 0) is 79.6 Å². The van der Waals surface area contributed by atoms with Crippen molar-refractivity contribution in [1.29, 1.82) is 0 Å². The molecule has 0 saturated heterocycles. The molecule has 0 amide bonds. The topological polar surface area (TPSA) is 52.6 Å². The van der Waals surface area contributed by atoms with Crippen LogP contribution in [0, 0.1) is 28.6 Å². The standard InChI is InChI=1S/C25H36O4/c1-6-20-23(29-16(3)27)14-22-19-8-7-17-13-18(28-15(2)26)9-11-24(17,4)21(19)10-12-25(20,22)5/h6-7,18-19,21-23H,8-14H2,1-5H3/b20-6+/t18-,19?,21?,22?,23-,24-,25+/m0/s1. The van der Waals surface area contributed by atoms with Gasteiger partial charge in [-0.15, -0.1) is 0 Å². The maximum atomic E-state index is 11.7. The van der Waals surface area contributed by atoms with Crippen LogP contribution in [0.15, 0.2) is 23.3 Å². The minimum absolute atomic E-state index is 0.0479. The molecule has 0 aromatic heterocycles. The quantitative estimate of drug-likeness (QED) is 0.462. The average Bonchev–Trinajstić information content (AvgIpc) is 2.92. The van der Waals surface area contributed by atoms with Gasteiger partial charge in [0.1, 0.15) is 12.2 Å². The summed E-state index contributed by atoms with van der Waals surface area (Å²) in [5, 5.41) is 0. The van der Waals surface area contributed by atoms with E-state index in [1.54, 1.807) is 0 Å². The summed E-state index contributed by atoms with van der Waals surface area (Å²) in [5.74, 6) is 1.55. The first-order valence-electron chi connectivity index (χ1n) is 11.4. The van der Waals surface area contributed by atoms with Crippen LogP contribution in [-0.4, -0.2) is 24.1 Å². The Bertz CT molecular complexity index is 765. The van der Waals surface area contributed by atoms with Crippen molar-refractivity contribution in [2.75, 3.05) is 0 Å². The highest BCUT2D eigenvalue weighted by Gasteiger charge is 2.59. The molecule has 4 nitrogen and oxygen atoms in total. The molecule has 4 aliphatic rings. The first-order valence-corrected chi connectivity index (χ1v) is 11.4. The summed E-state index contributed by atoms with van der Waals surface area (Å²) < 4.78 is 11.3. The lowest BCUT2D eigenvalue weighted by atomic mass is 9.48. The van der Waals surface area contributed by atoms with Crippen molar-refractivity contribution in [1.82, 2.24) is 0 Å². The van der Waals surface area contributed by atoms with Crippen molar-refractivity contribution in [3.8, 4) is 0 Å². The van der Waals surface area contributed by atoms with E-state index < -0.39 is 0 Å². The number of fused-ring (bicyclic) bond motifs is 5. The molecule has 4 rings (SSSR count). The van der Waals surface area contributed by atoms with Crippen LogP contribution in [0.3, 0.4) is 0 Å². The Labute approximate surface area is 175 Å². The molecule has 7 atom stereocenters. The predicted octanol–water partition coefficient (Wildman–Crippen LogP) is 5.37. The lowest BCUT2D eigenvalue weighted by Gasteiger charge is -2.57. The van der Waals surface area contributed by atoms with Crippen molar-refractivity contribution in [2.45, 2.75) is 91.8 Å². The number of hydrogen-bond donors (Lipinski definition) is 0. The third-order valence-corrected chi connectivity index (χ3v) is 8.87. The molecule has 0 aliphatic heterocycles. The minimum Gasteiger partial charge on any atom is -0.462 e. The monoisotopic (exact) mass is 400 g/mol. The van der Waals surface area contributed by atoms with Gasteiger partial charge in [0.15, 0.2) is 0 Å². The Morgan fingerprint density at radius 1 is 1.03 bits per heavy atom. The van der Waals surface area contributed by atoms with Crippen LogP contribution in [0.2, 0.25) is 0 Å². The van der Waals surface area contributed by atoms with Gasteiger partial charge < -0.3 is 9.47 Å². The maximum absolute atomic E-state index is 11.7. The van der Waals surface area contributed by atoms with Crippen molar-refractivity contribution in [2.24, 2.45) is 28.6 Å². The SMILES string of the molecule is C/C=C1\[C@@H](OC(C)=O)CC2C3CC=C4C[C@@H](OC(C)=O)CC[C@]4(C)C3CC[C@]12C. The van der Waals surface area contributed by atoms with E-state index in [0.717, 1.165) is 32.1 Å². The highest BCUT2D eigenvalue weighted by molar-refractivity contribution is 5.67. The molecule has 3 saturated carbocycles. The lowest BCUT2D eigenvalue weighted by molar-refractivity contribution is -0.148. The van der Waals surface area contributed by atoms with Crippen molar-refractivity contribution >= 4 is 11.9 Å². The predicted molar refractivity (Wildman–Crippen MR) is 112 cm³/mol. The number of esters is 2. The van der Waals surface area contributed by atoms with E-state index in [2.05, 4.69) is 32.9 Å². The second kappa shape index (κ2) is 7.28. The third kappa shape index (κ3) is 3.27. The molecule has 3 fully saturated rings. The average molecular weight is 401 g/mol. The first kappa shape index (κ1) is 20.7. The Kier molecular flexibility index (Phi) is 5.19. The molecular formula is C25H36O4. The van der Waals surface area contributed by atoms with Gasteiger partial charge in [-0.3, -0.25) is 9.59 Å². The van der Waals surface area contributed by atoms with E-state index in [1.807, 2.05) is 0 Å². The molecule has 0 aromatic carbocycles. The van der Waals surface area contributed by atoms with Crippen LogP contribution in [0.5, 0.6) is 0 Å². The van der Waals surface area contributed by atoms with Gasteiger partial charge in [0.2, 0.25) is 0 Å². The van der Waals surface area contributed by atoms with Crippen molar-refractivity contribution in [3.63, 3.8) is 0 Å². The fourth-order valence-electron chi connectivity index (χ4n) is 7.63. The number of rotatable bonds is 2. The summed E-state index contributed by atoms with van der Waals surface area (Å²) in [6.45, 7) is 10.0. The van der Waals surface area contributed by atoms with Crippen LogP contribution in [-0.2, 0) is 19.1 Å². The van der Waals surface area contributed by atoms with Gasteiger partial charge in [0.05, 0.1) is 0 Å². The molecule has 4 aliphatic carbocycles. The zero-order valence-corrected chi connectivity index (χ0v) is 18.6. The largest absolute Gasteiger partial charge is 0.462 e. The fourth-order valence-corrected chi connectivity index (χ4v) is 7.63. The molecule has 4 heteroatoms. The molecule has 0 aromatic rings. The minimum atomic E-state index is -0.172. The van der Waals surface area contributed by atoms with E-state index >= 15 is 0 Å². The van der Waals surface area contributed by atoms with E-state index in [4.69, 9.17) is 9.47 Å². The zero-order valence-electron chi connectivity index (χ0n) is 18.6. The zero-order chi connectivity index (χ0) is 21.0. The van der Waals surface area contributed by atoms with Crippen LogP contribution in [0.25, 0.3) is 0 Å². The molecule has 3 unspecified atom stereocenters. The van der Waals surface area contributed by atoms with Crippen LogP contribution in [0.4, 0.5) is 0 Å². The highest BCUT2D eigenvalue weighted by Crippen LogP contribution is 2.66. The van der Waals surface area contributed by atoms with E-state index in [1.165, 1.54) is 37.8 Å². The smallest absolute Gasteiger partial charge is 0.303 e. The van der Waals surface area contributed by atoms with Gasteiger partial charge in [-0.1, -0.05) is 31.6 Å². The van der Waals surface area contributed by atoms with Gasteiger partial charge in [0, 0.05) is 20.3 Å². The number of ether oxygens (including phenoxy) is 2. The summed E-state index contributed by atoms with van der Waals surface area (Å²) in [5.41, 5.74) is 3.22. The summed E-state index contributed by atoms with van der Waals surface area (Å²) in [6.07, 6.45) is 12.1. The van der Waals surface area contributed by atoms with Crippen LogP contribution < -0.4 is 0 Å². The number of carbonyl (C=O) groups excluding carboxylic acids is 2. The normalized spacial score (nSPS) is 44.9. The Morgan fingerprint density at radius 2 is 1.72 bits per heavy atom. The van der Waals surface area contributed by atoms with Gasteiger partial charge in [0.25, 0.3) is 0 Å². The molecule has 160 valence electrons. The lowest BCUT2D eigenvalue weighted by Crippen LogP contribution is -2.49. The second-order valence-corrected chi connectivity index (χ2v) is 10.3. The number of carbonyl (C=O) groups is 2. The van der Waals surface area contributed by atoms with E-state index in [0.29, 0.717) is 17.8 Å². The van der Waals surface area contributed by atoms with Crippen molar-refractivity contribution in [3.05, 3.63) is 23.3 Å². The summed E-state index contributed by atoms with van der Waals surface area (Å²) in [4.78, 5) is 23.1. The van der Waals surface area contributed by atoms with Gasteiger partial charge in [-0.25, -0.2) is 0 Å². The molecule has 0 heterocycles. The maximum Gasteiger partial charge on any atom is 0.303 e. The summed E-state index contributed by atoms with van der Waals surface area (Å²) in [6, 6.07) is 0. The molecule has 0 spiro atoms. The summed E-state index contributed by atoms with van der Waals surface area (Å²) >= 11 is 0. The Morgan fingerprint density at radius 3 is 2.38 bits per heavy atom. The van der Waals surface area contributed by atoms with Crippen molar-refractivity contribution < 1.29 is 19.1 Å². The van der Waals surface area contributed by atoms with Crippen LogP contribution >= 0.6 is 0 Å². The highest BCUT2D eigenvalue weighted by atomic mass is 16.5. The molecule has 0 bridgehead atoms. The molecular weight excluding hydrogens is 364 g/mol. The fraction of sp³-hybridized carbons (Fsp3) is 0.760. The molecule has 0 radical (unpaired) electrons. The first-order chi connectivity index (χ1) is 13.7. The second-order valence-electron chi connectivity index (χ2n) is 10.3. The third-order valence-electron chi connectivity index (χ3n) is 8.87. The van der Waals surface area contributed by atoms with E-state index in [9.17, 15) is 9.59 Å². The summed E-state index contributed by atoms with van der Waals surface area (Å²) in [7, 11) is 0. The Hall–Kier alpha value is -1.58. The van der Waals surface area contributed by atoms with Gasteiger partial charge >= 0.3 is 11.9 Å².